The standard InChI is InChI=1S/C20H27NO4/c1-14-18(20(23)24)11-12-21(14)19(22)10-9-15-5-4-8-17(13-15)25-16-6-2-3-7-16/h4-5,8,13-14,16,18H,2-3,6-7,9-12H2,1H3,(H,23,24). The van der Waals surface area contributed by atoms with Crippen LogP contribution in [0.4, 0.5) is 0 Å². The van der Waals surface area contributed by atoms with Crippen molar-refractivity contribution in [2.24, 2.45) is 5.92 Å². The van der Waals surface area contributed by atoms with Gasteiger partial charge in [0.2, 0.25) is 5.91 Å². The van der Waals surface area contributed by atoms with Crippen LogP contribution in [0.1, 0.15) is 51.0 Å². The molecule has 2 aliphatic rings. The molecule has 2 fully saturated rings. The van der Waals surface area contributed by atoms with Gasteiger partial charge in [-0.25, -0.2) is 0 Å². The van der Waals surface area contributed by atoms with Crippen molar-refractivity contribution in [1.82, 2.24) is 4.90 Å². The van der Waals surface area contributed by atoms with Gasteiger partial charge in [-0.05, 0) is 63.1 Å². The van der Waals surface area contributed by atoms with Gasteiger partial charge in [-0.15, -0.1) is 0 Å². The minimum atomic E-state index is -0.806. The summed E-state index contributed by atoms with van der Waals surface area (Å²) in [4.78, 5) is 25.4. The summed E-state index contributed by atoms with van der Waals surface area (Å²) in [5.74, 6) is -0.317. The summed E-state index contributed by atoms with van der Waals surface area (Å²) in [5.41, 5.74) is 1.09. The fraction of sp³-hybridized carbons (Fsp3) is 0.600. The maximum atomic E-state index is 12.5. The Kier molecular flexibility index (Phi) is 5.61. The van der Waals surface area contributed by atoms with Crippen molar-refractivity contribution in [2.45, 2.75) is 64.0 Å². The van der Waals surface area contributed by atoms with Gasteiger partial charge in [-0.1, -0.05) is 12.1 Å². The molecule has 5 nitrogen and oxygen atoms in total. The number of aryl methyl sites for hydroxylation is 1. The summed E-state index contributed by atoms with van der Waals surface area (Å²) < 4.78 is 6.02. The second-order valence-electron chi connectivity index (χ2n) is 7.23. The summed E-state index contributed by atoms with van der Waals surface area (Å²) >= 11 is 0. The third kappa shape index (κ3) is 4.33. The van der Waals surface area contributed by atoms with Crippen molar-refractivity contribution in [3.8, 4) is 5.75 Å². The smallest absolute Gasteiger partial charge is 0.308 e. The highest BCUT2D eigenvalue weighted by Gasteiger charge is 2.37. The Hall–Kier alpha value is -2.04. The maximum Gasteiger partial charge on any atom is 0.308 e. The Morgan fingerprint density at radius 3 is 2.68 bits per heavy atom. The zero-order chi connectivity index (χ0) is 17.8. The molecule has 5 heteroatoms. The third-order valence-electron chi connectivity index (χ3n) is 5.52. The van der Waals surface area contributed by atoms with Crippen molar-refractivity contribution in [2.75, 3.05) is 6.54 Å². The molecule has 0 radical (unpaired) electrons. The highest BCUT2D eigenvalue weighted by Crippen LogP contribution is 2.27. The number of carbonyl (C=O) groups is 2. The topological polar surface area (TPSA) is 66.8 Å². The Morgan fingerprint density at radius 2 is 2.00 bits per heavy atom. The predicted octanol–water partition coefficient (Wildman–Crippen LogP) is 3.26. The largest absolute Gasteiger partial charge is 0.490 e. The van der Waals surface area contributed by atoms with E-state index >= 15 is 0 Å². The first kappa shape index (κ1) is 17.8. The Balaban J connectivity index is 1.53. The monoisotopic (exact) mass is 345 g/mol. The first-order chi connectivity index (χ1) is 12.0. The van der Waals surface area contributed by atoms with Crippen LogP contribution in [0.25, 0.3) is 0 Å². The molecule has 2 unspecified atom stereocenters. The molecule has 0 aromatic heterocycles. The lowest BCUT2D eigenvalue weighted by molar-refractivity contribution is -0.143. The second kappa shape index (κ2) is 7.89. The zero-order valence-corrected chi connectivity index (χ0v) is 14.8. The first-order valence-electron chi connectivity index (χ1n) is 9.32. The molecule has 0 spiro atoms. The molecule has 1 N–H and O–H groups in total. The molecule has 0 bridgehead atoms. The van der Waals surface area contributed by atoms with Gasteiger partial charge in [-0.3, -0.25) is 9.59 Å². The number of carbonyl (C=O) groups excluding carboxylic acids is 1. The van der Waals surface area contributed by atoms with E-state index in [1.54, 1.807) is 4.90 Å². The van der Waals surface area contributed by atoms with Crippen LogP contribution in [0.3, 0.4) is 0 Å². The Bertz CT molecular complexity index is 624. The van der Waals surface area contributed by atoms with E-state index in [9.17, 15) is 14.7 Å². The van der Waals surface area contributed by atoms with Gasteiger partial charge in [0.05, 0.1) is 12.0 Å². The van der Waals surface area contributed by atoms with Crippen LogP contribution in [0, 0.1) is 5.92 Å². The summed E-state index contributed by atoms with van der Waals surface area (Å²) in [6.45, 7) is 2.38. The number of ether oxygens (including phenoxy) is 1. The number of amides is 1. The van der Waals surface area contributed by atoms with E-state index < -0.39 is 11.9 Å². The molecule has 2 atom stereocenters. The van der Waals surface area contributed by atoms with Crippen LogP contribution in [0.2, 0.25) is 0 Å². The summed E-state index contributed by atoms with van der Waals surface area (Å²) in [6, 6.07) is 7.77. The van der Waals surface area contributed by atoms with E-state index in [1.165, 1.54) is 12.8 Å². The molecule has 136 valence electrons. The molecular weight excluding hydrogens is 318 g/mol. The predicted molar refractivity (Wildman–Crippen MR) is 94.6 cm³/mol. The molecular formula is C20H27NO4. The average Bonchev–Trinajstić information content (AvgIpc) is 3.22. The molecule has 1 heterocycles. The SMILES string of the molecule is CC1C(C(=O)O)CCN1C(=O)CCc1cccc(OC2CCCC2)c1. The second-order valence-corrected chi connectivity index (χ2v) is 7.23. The summed E-state index contributed by atoms with van der Waals surface area (Å²) in [6.07, 6.45) is 6.67. The minimum absolute atomic E-state index is 0.0402. The van der Waals surface area contributed by atoms with Gasteiger partial charge in [-0.2, -0.15) is 0 Å². The lowest BCUT2D eigenvalue weighted by Crippen LogP contribution is -2.37. The lowest BCUT2D eigenvalue weighted by atomic mass is 10.0. The molecule has 3 rings (SSSR count). The van der Waals surface area contributed by atoms with Gasteiger partial charge < -0.3 is 14.7 Å². The minimum Gasteiger partial charge on any atom is -0.490 e. The molecule has 1 aromatic carbocycles. The quantitative estimate of drug-likeness (QED) is 0.859. The summed E-state index contributed by atoms with van der Waals surface area (Å²) in [7, 11) is 0. The van der Waals surface area contributed by atoms with Crippen LogP contribution >= 0.6 is 0 Å². The number of hydrogen-bond acceptors (Lipinski definition) is 3. The lowest BCUT2D eigenvalue weighted by Gasteiger charge is -2.23. The van der Waals surface area contributed by atoms with Crippen molar-refractivity contribution in [3.05, 3.63) is 29.8 Å². The zero-order valence-electron chi connectivity index (χ0n) is 14.8. The number of carboxylic acid groups (broad SMARTS) is 1. The van der Waals surface area contributed by atoms with E-state index in [0.717, 1.165) is 24.2 Å². The number of nitrogens with zero attached hydrogens (tertiary/aromatic N) is 1. The number of hydrogen-bond donors (Lipinski definition) is 1. The van der Waals surface area contributed by atoms with Crippen molar-refractivity contribution in [1.29, 1.82) is 0 Å². The van der Waals surface area contributed by atoms with Crippen LogP contribution in [-0.2, 0) is 16.0 Å². The molecule has 1 aliphatic heterocycles. The normalized spacial score (nSPS) is 23.8. The fourth-order valence-electron chi connectivity index (χ4n) is 3.99. The van der Waals surface area contributed by atoms with Gasteiger partial charge >= 0.3 is 5.97 Å². The third-order valence-corrected chi connectivity index (χ3v) is 5.52. The molecule has 1 aliphatic carbocycles. The van der Waals surface area contributed by atoms with Gasteiger partial charge in [0.25, 0.3) is 0 Å². The van der Waals surface area contributed by atoms with Gasteiger partial charge in [0.1, 0.15) is 5.75 Å². The van der Waals surface area contributed by atoms with Crippen molar-refractivity contribution in [3.63, 3.8) is 0 Å². The van der Waals surface area contributed by atoms with E-state index in [2.05, 4.69) is 0 Å². The number of carboxylic acids is 1. The fourth-order valence-corrected chi connectivity index (χ4v) is 3.99. The number of likely N-dealkylation sites (tertiary alicyclic amines) is 1. The Morgan fingerprint density at radius 1 is 1.24 bits per heavy atom. The van der Waals surface area contributed by atoms with Crippen LogP contribution < -0.4 is 4.74 Å². The highest BCUT2D eigenvalue weighted by atomic mass is 16.5. The Labute approximate surface area is 149 Å². The van der Waals surface area contributed by atoms with Crippen molar-refractivity contribution < 1.29 is 19.4 Å². The van der Waals surface area contributed by atoms with E-state index in [4.69, 9.17) is 4.74 Å². The van der Waals surface area contributed by atoms with Gasteiger partial charge in [0.15, 0.2) is 0 Å². The number of aliphatic carboxylic acids is 1. The van der Waals surface area contributed by atoms with Gasteiger partial charge in [0, 0.05) is 19.0 Å². The maximum absolute atomic E-state index is 12.5. The first-order valence-corrected chi connectivity index (χ1v) is 9.32. The number of benzene rings is 1. The molecule has 1 saturated heterocycles. The van der Waals surface area contributed by atoms with E-state index in [-0.39, 0.29) is 11.9 Å². The van der Waals surface area contributed by atoms with Crippen molar-refractivity contribution >= 4 is 11.9 Å². The van der Waals surface area contributed by atoms with Crippen LogP contribution in [-0.4, -0.2) is 40.6 Å². The molecule has 1 saturated carbocycles. The molecule has 1 aromatic rings. The molecule has 1 amide bonds. The average molecular weight is 345 g/mol. The summed E-state index contributed by atoms with van der Waals surface area (Å²) in [5, 5.41) is 9.19. The van der Waals surface area contributed by atoms with Crippen LogP contribution in [0.5, 0.6) is 5.75 Å². The van der Waals surface area contributed by atoms with E-state index in [1.807, 2.05) is 31.2 Å². The van der Waals surface area contributed by atoms with E-state index in [0.29, 0.717) is 31.9 Å². The van der Waals surface area contributed by atoms with Crippen LogP contribution in [0.15, 0.2) is 24.3 Å². The number of rotatable bonds is 6. The molecule has 25 heavy (non-hydrogen) atoms. The highest BCUT2D eigenvalue weighted by molar-refractivity contribution is 5.79.